The molecule has 1 aromatic rings. The SMILES string of the molecule is CCCNC(Cc1cncs1)C12CC3CC(CC(C3)C1)C2. The van der Waals surface area contributed by atoms with Gasteiger partial charge in [-0.25, -0.2) is 0 Å². The van der Waals surface area contributed by atoms with E-state index in [0.29, 0.717) is 11.5 Å². The molecular formula is C18H28N2S. The molecule has 4 aliphatic rings. The Morgan fingerprint density at radius 2 is 1.90 bits per heavy atom. The highest BCUT2D eigenvalue weighted by Crippen LogP contribution is 2.61. The van der Waals surface area contributed by atoms with Crippen molar-refractivity contribution < 1.29 is 0 Å². The zero-order valence-electron chi connectivity index (χ0n) is 13.2. The van der Waals surface area contributed by atoms with Crippen LogP contribution < -0.4 is 5.32 Å². The van der Waals surface area contributed by atoms with Crippen LogP contribution >= 0.6 is 11.3 Å². The fourth-order valence-corrected chi connectivity index (χ4v) is 6.61. The summed E-state index contributed by atoms with van der Waals surface area (Å²) >= 11 is 1.84. The molecule has 3 heteroatoms. The smallest absolute Gasteiger partial charge is 0.0794 e. The Morgan fingerprint density at radius 3 is 2.43 bits per heavy atom. The van der Waals surface area contributed by atoms with Gasteiger partial charge >= 0.3 is 0 Å². The number of aromatic nitrogens is 1. The molecule has 0 amide bonds. The predicted octanol–water partition coefficient (Wildman–Crippen LogP) is 4.27. The Kier molecular flexibility index (Phi) is 3.83. The summed E-state index contributed by atoms with van der Waals surface area (Å²) in [5.74, 6) is 3.14. The number of thiazole rings is 1. The molecule has 1 unspecified atom stereocenters. The number of rotatable bonds is 6. The van der Waals surface area contributed by atoms with Crippen LogP contribution in [0.4, 0.5) is 0 Å². The number of nitrogens with zero attached hydrogens (tertiary/aromatic N) is 1. The minimum atomic E-state index is 0.605. The van der Waals surface area contributed by atoms with Crippen LogP contribution in [0.5, 0.6) is 0 Å². The molecule has 4 fully saturated rings. The van der Waals surface area contributed by atoms with Crippen LogP contribution in [-0.2, 0) is 6.42 Å². The summed E-state index contributed by atoms with van der Waals surface area (Å²) in [5.41, 5.74) is 2.60. The van der Waals surface area contributed by atoms with Gasteiger partial charge in [0.2, 0.25) is 0 Å². The van der Waals surface area contributed by atoms with E-state index in [0.717, 1.165) is 17.8 Å². The molecule has 4 saturated carbocycles. The van der Waals surface area contributed by atoms with E-state index in [1.54, 1.807) is 19.3 Å². The summed E-state index contributed by atoms with van der Waals surface area (Å²) in [6.07, 6.45) is 13.7. The van der Waals surface area contributed by atoms with Gasteiger partial charge in [-0.05, 0) is 81.1 Å². The van der Waals surface area contributed by atoms with Crippen molar-refractivity contribution in [3.63, 3.8) is 0 Å². The van der Waals surface area contributed by atoms with E-state index in [1.807, 2.05) is 16.8 Å². The maximum Gasteiger partial charge on any atom is 0.0794 e. The maximum atomic E-state index is 4.29. The fraction of sp³-hybridized carbons (Fsp3) is 0.833. The normalized spacial score (nSPS) is 38.8. The summed E-state index contributed by atoms with van der Waals surface area (Å²) in [7, 11) is 0. The van der Waals surface area contributed by atoms with Crippen LogP contribution in [0.3, 0.4) is 0 Å². The average molecular weight is 305 g/mol. The Morgan fingerprint density at radius 1 is 1.24 bits per heavy atom. The third kappa shape index (κ3) is 2.68. The zero-order valence-corrected chi connectivity index (χ0v) is 14.0. The summed E-state index contributed by atoms with van der Waals surface area (Å²) in [5, 5.41) is 3.94. The lowest BCUT2D eigenvalue weighted by molar-refractivity contribution is -0.0735. The van der Waals surface area contributed by atoms with Crippen LogP contribution in [0.25, 0.3) is 0 Å². The molecule has 116 valence electrons. The van der Waals surface area contributed by atoms with Gasteiger partial charge in [0.15, 0.2) is 0 Å². The number of hydrogen-bond donors (Lipinski definition) is 1. The van der Waals surface area contributed by atoms with E-state index in [-0.39, 0.29) is 0 Å². The van der Waals surface area contributed by atoms with Gasteiger partial charge in [0, 0.05) is 17.1 Å². The van der Waals surface area contributed by atoms with Crippen molar-refractivity contribution in [2.45, 2.75) is 64.3 Å². The van der Waals surface area contributed by atoms with Gasteiger partial charge in [0.25, 0.3) is 0 Å². The van der Waals surface area contributed by atoms with Crippen LogP contribution in [0, 0.1) is 23.2 Å². The number of hydrogen-bond acceptors (Lipinski definition) is 3. The van der Waals surface area contributed by atoms with Crippen LogP contribution in [-0.4, -0.2) is 17.6 Å². The number of nitrogens with one attached hydrogen (secondary N) is 1. The lowest BCUT2D eigenvalue weighted by Gasteiger charge is -2.59. The third-order valence-corrected chi connectivity index (χ3v) is 7.16. The maximum absolute atomic E-state index is 4.29. The molecule has 5 rings (SSSR count). The van der Waals surface area contributed by atoms with E-state index in [4.69, 9.17) is 0 Å². The van der Waals surface area contributed by atoms with Gasteiger partial charge in [-0.1, -0.05) is 6.92 Å². The predicted molar refractivity (Wildman–Crippen MR) is 88.5 cm³/mol. The first-order valence-electron chi connectivity index (χ1n) is 8.88. The van der Waals surface area contributed by atoms with E-state index in [9.17, 15) is 0 Å². The molecule has 0 radical (unpaired) electrons. The van der Waals surface area contributed by atoms with Crippen molar-refractivity contribution in [2.75, 3.05) is 6.54 Å². The molecule has 1 aromatic heterocycles. The van der Waals surface area contributed by atoms with Gasteiger partial charge < -0.3 is 5.32 Å². The quantitative estimate of drug-likeness (QED) is 0.849. The minimum Gasteiger partial charge on any atom is -0.313 e. The standard InChI is InChI=1S/C18H28N2S/c1-2-3-20-17(7-16-11-19-12-21-16)18-8-13-4-14(9-18)6-15(5-13)10-18/h11-15,17,20H,2-10H2,1H3. The topological polar surface area (TPSA) is 24.9 Å². The molecule has 4 bridgehead atoms. The monoisotopic (exact) mass is 304 g/mol. The summed E-state index contributed by atoms with van der Waals surface area (Å²) in [6, 6.07) is 0.686. The first-order chi connectivity index (χ1) is 10.3. The summed E-state index contributed by atoms with van der Waals surface area (Å²) in [6.45, 7) is 3.46. The third-order valence-electron chi connectivity index (χ3n) is 6.35. The van der Waals surface area contributed by atoms with E-state index >= 15 is 0 Å². The van der Waals surface area contributed by atoms with Crippen molar-refractivity contribution in [3.8, 4) is 0 Å². The molecule has 21 heavy (non-hydrogen) atoms. The van der Waals surface area contributed by atoms with E-state index in [2.05, 4.69) is 23.4 Å². The van der Waals surface area contributed by atoms with Gasteiger partial charge in [0.1, 0.15) is 0 Å². The average Bonchev–Trinajstić information content (AvgIpc) is 2.94. The molecule has 1 atom stereocenters. The summed E-state index contributed by atoms with van der Waals surface area (Å²) < 4.78 is 0. The molecule has 2 nitrogen and oxygen atoms in total. The zero-order chi connectivity index (χ0) is 14.3. The van der Waals surface area contributed by atoms with Gasteiger partial charge in [-0.2, -0.15) is 0 Å². The van der Waals surface area contributed by atoms with Crippen LogP contribution in [0.2, 0.25) is 0 Å². The largest absolute Gasteiger partial charge is 0.313 e. The first-order valence-corrected chi connectivity index (χ1v) is 9.76. The summed E-state index contributed by atoms with van der Waals surface area (Å²) in [4.78, 5) is 5.76. The lowest BCUT2D eigenvalue weighted by atomic mass is 9.47. The molecule has 0 saturated heterocycles. The molecule has 1 heterocycles. The van der Waals surface area contributed by atoms with Crippen molar-refractivity contribution in [1.82, 2.24) is 10.3 Å². The van der Waals surface area contributed by atoms with Gasteiger partial charge in [-0.15, -0.1) is 11.3 Å². The molecule has 1 N–H and O–H groups in total. The highest BCUT2D eigenvalue weighted by atomic mass is 32.1. The highest BCUT2D eigenvalue weighted by Gasteiger charge is 2.53. The Labute approximate surface area is 132 Å². The Hall–Kier alpha value is -0.410. The molecule has 0 spiro atoms. The van der Waals surface area contributed by atoms with Gasteiger partial charge in [0.05, 0.1) is 5.51 Å². The van der Waals surface area contributed by atoms with Crippen molar-refractivity contribution in [2.24, 2.45) is 23.2 Å². The second-order valence-electron chi connectivity index (χ2n) is 7.96. The second-order valence-corrected chi connectivity index (χ2v) is 8.93. The molecule has 0 aromatic carbocycles. The first kappa shape index (κ1) is 14.2. The van der Waals surface area contributed by atoms with Crippen molar-refractivity contribution >= 4 is 11.3 Å². The Balaban J connectivity index is 1.56. The van der Waals surface area contributed by atoms with Crippen molar-refractivity contribution in [1.29, 1.82) is 0 Å². The highest BCUT2D eigenvalue weighted by molar-refractivity contribution is 7.09. The lowest BCUT2D eigenvalue weighted by Crippen LogP contribution is -2.56. The van der Waals surface area contributed by atoms with E-state index < -0.39 is 0 Å². The van der Waals surface area contributed by atoms with Crippen LogP contribution in [0.1, 0.15) is 56.7 Å². The van der Waals surface area contributed by atoms with Crippen molar-refractivity contribution in [3.05, 3.63) is 16.6 Å². The van der Waals surface area contributed by atoms with Gasteiger partial charge in [-0.3, -0.25) is 4.98 Å². The second kappa shape index (κ2) is 5.66. The van der Waals surface area contributed by atoms with Crippen LogP contribution in [0.15, 0.2) is 11.7 Å². The van der Waals surface area contributed by atoms with E-state index in [1.165, 1.54) is 43.5 Å². The molecule has 4 aliphatic carbocycles. The Bertz CT molecular complexity index is 432. The fourth-order valence-electron chi connectivity index (χ4n) is 5.97. The molecule has 0 aliphatic heterocycles. The molecular weight excluding hydrogens is 276 g/mol. The minimum absolute atomic E-state index is 0.605.